The van der Waals surface area contributed by atoms with Gasteiger partial charge in [0.05, 0.1) is 30.3 Å². The molecule has 0 fully saturated rings. The first-order valence-electron chi connectivity index (χ1n) is 9.15. The maximum absolute atomic E-state index is 13.1. The molecule has 156 valence electrons. The Kier molecular flexibility index (Phi) is 7.02. The molecule has 0 saturated heterocycles. The fourth-order valence-electron chi connectivity index (χ4n) is 3.09. The summed E-state index contributed by atoms with van der Waals surface area (Å²) in [6, 6.07) is 10.9. The van der Waals surface area contributed by atoms with E-state index >= 15 is 0 Å². The van der Waals surface area contributed by atoms with Gasteiger partial charge in [0.2, 0.25) is 15.9 Å². The molecule has 2 aromatic rings. The molecule has 1 unspecified atom stereocenters. The third-order valence-corrected chi connectivity index (χ3v) is 5.69. The van der Waals surface area contributed by atoms with Crippen molar-refractivity contribution in [2.75, 3.05) is 23.0 Å². The third-order valence-electron chi connectivity index (χ3n) is 4.52. The van der Waals surface area contributed by atoms with Crippen molar-refractivity contribution < 1.29 is 22.7 Å². The molecule has 7 nitrogen and oxygen atoms in total. The van der Waals surface area contributed by atoms with Gasteiger partial charge < -0.3 is 10.1 Å². The summed E-state index contributed by atoms with van der Waals surface area (Å²) in [5.74, 6) is -1.13. The van der Waals surface area contributed by atoms with Crippen LogP contribution in [0.4, 0.5) is 11.4 Å². The van der Waals surface area contributed by atoms with Crippen LogP contribution in [0.5, 0.6) is 0 Å². The Balaban J connectivity index is 2.48. The summed E-state index contributed by atoms with van der Waals surface area (Å²) in [5.41, 5.74) is 2.52. The molecule has 0 aliphatic heterocycles. The van der Waals surface area contributed by atoms with Gasteiger partial charge in [-0.3, -0.25) is 9.10 Å². The highest BCUT2D eigenvalue weighted by atomic mass is 32.2. The summed E-state index contributed by atoms with van der Waals surface area (Å²) < 4.78 is 31.2. The minimum atomic E-state index is -3.76. The van der Waals surface area contributed by atoms with Gasteiger partial charge in [-0.1, -0.05) is 31.2 Å². The molecule has 0 heterocycles. The maximum Gasteiger partial charge on any atom is 0.339 e. The second-order valence-corrected chi connectivity index (χ2v) is 8.66. The number of aryl methyl sites for hydroxylation is 2. The molecule has 1 atom stereocenters. The highest BCUT2D eigenvalue weighted by Gasteiger charge is 2.33. The second-order valence-electron chi connectivity index (χ2n) is 6.80. The maximum atomic E-state index is 13.1. The normalized spacial score (nSPS) is 12.2. The first kappa shape index (κ1) is 22.4. The van der Waals surface area contributed by atoms with Crippen molar-refractivity contribution in [1.29, 1.82) is 0 Å². The molecule has 0 saturated carbocycles. The summed E-state index contributed by atoms with van der Waals surface area (Å²) in [6.07, 6.45) is 1.32. The summed E-state index contributed by atoms with van der Waals surface area (Å²) in [4.78, 5) is 25.1. The van der Waals surface area contributed by atoms with Crippen LogP contribution in [0, 0.1) is 13.8 Å². The molecule has 0 bridgehead atoms. The lowest BCUT2D eigenvalue weighted by Crippen LogP contribution is -2.47. The number of esters is 1. The van der Waals surface area contributed by atoms with Crippen molar-refractivity contribution in [3.63, 3.8) is 0 Å². The van der Waals surface area contributed by atoms with Crippen molar-refractivity contribution in [3.8, 4) is 0 Å². The zero-order valence-electron chi connectivity index (χ0n) is 17.2. The van der Waals surface area contributed by atoms with Crippen LogP contribution >= 0.6 is 0 Å². The lowest BCUT2D eigenvalue weighted by atomic mass is 10.1. The second kappa shape index (κ2) is 9.09. The standard InChI is InChI=1S/C21H26N2O5S/c1-6-18(20(24)22-17-10-8-7-9-16(17)21(25)28-4)23(29(5,26)27)19-13-14(2)11-12-15(19)3/h7-13,18H,6H2,1-5H3,(H,22,24). The number of ether oxygens (including phenoxy) is 1. The highest BCUT2D eigenvalue weighted by molar-refractivity contribution is 7.92. The zero-order chi connectivity index (χ0) is 21.8. The molecule has 0 spiro atoms. The van der Waals surface area contributed by atoms with Crippen LogP contribution in [0.25, 0.3) is 0 Å². The van der Waals surface area contributed by atoms with Crippen LogP contribution < -0.4 is 9.62 Å². The molecule has 29 heavy (non-hydrogen) atoms. The SMILES string of the molecule is CCC(C(=O)Nc1ccccc1C(=O)OC)N(c1cc(C)ccc1C)S(C)(=O)=O. The molecule has 0 aromatic heterocycles. The Hall–Kier alpha value is -2.87. The smallest absolute Gasteiger partial charge is 0.339 e. The van der Waals surface area contributed by atoms with Gasteiger partial charge in [0.15, 0.2) is 0 Å². The molecule has 1 amide bonds. The minimum absolute atomic E-state index is 0.191. The van der Waals surface area contributed by atoms with Gasteiger partial charge in [0, 0.05) is 0 Å². The van der Waals surface area contributed by atoms with Crippen LogP contribution in [0.1, 0.15) is 34.8 Å². The van der Waals surface area contributed by atoms with E-state index in [0.29, 0.717) is 5.69 Å². The van der Waals surface area contributed by atoms with Crippen LogP contribution in [-0.2, 0) is 19.6 Å². The van der Waals surface area contributed by atoms with E-state index in [-0.39, 0.29) is 17.7 Å². The molecule has 0 aliphatic carbocycles. The minimum Gasteiger partial charge on any atom is -0.465 e. The highest BCUT2D eigenvalue weighted by Crippen LogP contribution is 2.28. The van der Waals surface area contributed by atoms with Gasteiger partial charge in [-0.15, -0.1) is 0 Å². The van der Waals surface area contributed by atoms with E-state index in [1.54, 1.807) is 38.1 Å². The Morgan fingerprint density at radius 1 is 1.14 bits per heavy atom. The number of anilines is 2. The molecule has 8 heteroatoms. The number of carbonyl (C=O) groups is 2. The number of carbonyl (C=O) groups excluding carboxylic acids is 2. The van der Waals surface area contributed by atoms with Gasteiger partial charge in [-0.2, -0.15) is 0 Å². The van der Waals surface area contributed by atoms with Gasteiger partial charge >= 0.3 is 5.97 Å². The van der Waals surface area contributed by atoms with Gasteiger partial charge in [0.1, 0.15) is 6.04 Å². The first-order chi connectivity index (χ1) is 13.6. The van der Waals surface area contributed by atoms with E-state index in [0.717, 1.165) is 21.7 Å². The largest absolute Gasteiger partial charge is 0.465 e. The number of methoxy groups -OCH3 is 1. The summed E-state index contributed by atoms with van der Waals surface area (Å²) >= 11 is 0. The lowest BCUT2D eigenvalue weighted by Gasteiger charge is -2.31. The number of nitrogens with zero attached hydrogens (tertiary/aromatic N) is 1. The Labute approximate surface area is 171 Å². The monoisotopic (exact) mass is 418 g/mol. The lowest BCUT2D eigenvalue weighted by molar-refractivity contribution is -0.117. The quantitative estimate of drug-likeness (QED) is 0.697. The predicted octanol–water partition coefficient (Wildman–Crippen LogP) is 3.27. The molecule has 0 radical (unpaired) electrons. The summed E-state index contributed by atoms with van der Waals surface area (Å²) in [7, 11) is -2.50. The Morgan fingerprint density at radius 3 is 2.38 bits per heavy atom. The zero-order valence-corrected chi connectivity index (χ0v) is 18.0. The van der Waals surface area contributed by atoms with E-state index in [1.807, 2.05) is 19.1 Å². The van der Waals surface area contributed by atoms with E-state index in [1.165, 1.54) is 13.2 Å². The number of para-hydroxylation sites is 1. The summed E-state index contributed by atoms with van der Waals surface area (Å²) in [6.45, 7) is 5.39. The molecule has 2 aromatic carbocycles. The number of sulfonamides is 1. The molecular formula is C21H26N2O5S. The van der Waals surface area contributed by atoms with E-state index in [2.05, 4.69) is 5.32 Å². The van der Waals surface area contributed by atoms with E-state index < -0.39 is 27.9 Å². The van der Waals surface area contributed by atoms with E-state index in [4.69, 9.17) is 4.74 Å². The van der Waals surface area contributed by atoms with Crippen molar-refractivity contribution in [1.82, 2.24) is 0 Å². The van der Waals surface area contributed by atoms with Gasteiger partial charge in [0.25, 0.3) is 0 Å². The molecular weight excluding hydrogens is 392 g/mol. The summed E-state index contributed by atoms with van der Waals surface area (Å²) in [5, 5.41) is 2.69. The Morgan fingerprint density at radius 2 is 1.79 bits per heavy atom. The van der Waals surface area contributed by atoms with E-state index in [9.17, 15) is 18.0 Å². The number of benzene rings is 2. The molecule has 0 aliphatic rings. The van der Waals surface area contributed by atoms with Crippen molar-refractivity contribution in [2.45, 2.75) is 33.2 Å². The van der Waals surface area contributed by atoms with Gasteiger partial charge in [-0.25, -0.2) is 13.2 Å². The van der Waals surface area contributed by atoms with Crippen LogP contribution in [0.15, 0.2) is 42.5 Å². The van der Waals surface area contributed by atoms with Crippen molar-refractivity contribution >= 4 is 33.3 Å². The average Bonchev–Trinajstić information content (AvgIpc) is 2.66. The van der Waals surface area contributed by atoms with Crippen LogP contribution in [0.3, 0.4) is 0 Å². The Bertz CT molecular complexity index is 1020. The van der Waals surface area contributed by atoms with Crippen molar-refractivity contribution in [2.24, 2.45) is 0 Å². The average molecular weight is 419 g/mol. The number of hydrogen-bond acceptors (Lipinski definition) is 5. The number of amides is 1. The van der Waals surface area contributed by atoms with Crippen LogP contribution in [0.2, 0.25) is 0 Å². The topological polar surface area (TPSA) is 92.8 Å². The third kappa shape index (κ3) is 5.14. The fourth-order valence-corrected chi connectivity index (χ4v) is 4.35. The number of hydrogen-bond donors (Lipinski definition) is 1. The molecule has 1 N–H and O–H groups in total. The van der Waals surface area contributed by atoms with Gasteiger partial charge in [-0.05, 0) is 49.6 Å². The predicted molar refractivity (Wildman–Crippen MR) is 114 cm³/mol. The van der Waals surface area contributed by atoms with Crippen molar-refractivity contribution in [3.05, 3.63) is 59.2 Å². The number of rotatable bonds is 7. The molecule has 2 rings (SSSR count). The first-order valence-corrected chi connectivity index (χ1v) is 11.0. The number of nitrogens with one attached hydrogen (secondary N) is 1. The van der Waals surface area contributed by atoms with Crippen LogP contribution in [-0.4, -0.2) is 39.7 Å². The fraction of sp³-hybridized carbons (Fsp3) is 0.333.